The van der Waals surface area contributed by atoms with Crippen molar-refractivity contribution in [3.63, 3.8) is 0 Å². The lowest BCUT2D eigenvalue weighted by Crippen LogP contribution is -2.28. The fourth-order valence-corrected chi connectivity index (χ4v) is 5.63. The standard InChI is InChI=1S/C23H27N3O4S/c1-16(2)17-5-3-6-21(13-17)25-15-18(14-22(25)27)23(28)24-19-7-9-20(10-8-19)26-11-4-12-31(26,29)30/h3,5-10,13,16,18H,4,11-12,14-15H2,1-2H3,(H,24,28)/t18-/m0/s1. The molecule has 0 radical (unpaired) electrons. The lowest BCUT2D eigenvalue weighted by Gasteiger charge is -2.19. The zero-order valence-corrected chi connectivity index (χ0v) is 18.6. The molecule has 7 nitrogen and oxygen atoms in total. The molecule has 0 bridgehead atoms. The summed E-state index contributed by atoms with van der Waals surface area (Å²) in [6.45, 7) is 5.03. The van der Waals surface area contributed by atoms with Crippen LogP contribution < -0.4 is 14.5 Å². The minimum atomic E-state index is -3.23. The maximum absolute atomic E-state index is 12.8. The van der Waals surface area contributed by atoms with Gasteiger partial charge in [-0.3, -0.25) is 13.9 Å². The van der Waals surface area contributed by atoms with Crippen molar-refractivity contribution >= 4 is 38.9 Å². The minimum Gasteiger partial charge on any atom is -0.326 e. The summed E-state index contributed by atoms with van der Waals surface area (Å²) in [6, 6.07) is 14.7. The number of nitrogens with zero attached hydrogens (tertiary/aromatic N) is 2. The third-order valence-corrected chi connectivity index (χ3v) is 7.74. The van der Waals surface area contributed by atoms with E-state index in [9.17, 15) is 18.0 Å². The van der Waals surface area contributed by atoms with E-state index in [0.717, 1.165) is 11.3 Å². The van der Waals surface area contributed by atoms with Crippen LogP contribution in [0, 0.1) is 5.92 Å². The number of amides is 2. The molecule has 1 atom stereocenters. The molecule has 1 N–H and O–H groups in total. The molecule has 0 aromatic heterocycles. The summed E-state index contributed by atoms with van der Waals surface area (Å²) in [5.74, 6) is -0.185. The quantitative estimate of drug-likeness (QED) is 0.771. The van der Waals surface area contributed by atoms with E-state index in [0.29, 0.717) is 36.8 Å². The van der Waals surface area contributed by atoms with Gasteiger partial charge in [-0.15, -0.1) is 0 Å². The molecule has 2 saturated heterocycles. The Morgan fingerprint density at radius 2 is 1.84 bits per heavy atom. The fraction of sp³-hybridized carbons (Fsp3) is 0.391. The zero-order valence-electron chi connectivity index (χ0n) is 17.7. The van der Waals surface area contributed by atoms with Crippen molar-refractivity contribution in [2.24, 2.45) is 5.92 Å². The Kier molecular flexibility index (Phi) is 5.75. The van der Waals surface area contributed by atoms with Crippen molar-refractivity contribution in [2.75, 3.05) is 33.4 Å². The molecule has 0 aliphatic carbocycles. The van der Waals surface area contributed by atoms with Crippen LogP contribution >= 0.6 is 0 Å². The van der Waals surface area contributed by atoms with Gasteiger partial charge in [0.1, 0.15) is 0 Å². The second-order valence-electron chi connectivity index (χ2n) is 8.43. The van der Waals surface area contributed by atoms with E-state index in [1.807, 2.05) is 24.3 Å². The van der Waals surface area contributed by atoms with E-state index in [1.54, 1.807) is 29.2 Å². The molecule has 0 saturated carbocycles. The molecule has 8 heteroatoms. The van der Waals surface area contributed by atoms with Crippen LogP contribution in [0.15, 0.2) is 48.5 Å². The summed E-state index contributed by atoms with van der Waals surface area (Å²) in [7, 11) is -3.23. The first-order chi connectivity index (χ1) is 14.7. The van der Waals surface area contributed by atoms with Crippen LogP contribution in [0.2, 0.25) is 0 Å². The Bertz CT molecular complexity index is 1100. The molecule has 0 spiro atoms. The second-order valence-corrected chi connectivity index (χ2v) is 10.4. The summed E-state index contributed by atoms with van der Waals surface area (Å²) in [5.41, 5.74) is 3.15. The molecular weight excluding hydrogens is 414 g/mol. The number of hydrogen-bond donors (Lipinski definition) is 1. The van der Waals surface area contributed by atoms with Crippen LogP contribution in [-0.2, 0) is 19.6 Å². The first kappa shape index (κ1) is 21.4. The molecule has 2 fully saturated rings. The number of carbonyl (C=O) groups is 2. The molecule has 2 aromatic rings. The molecule has 2 aliphatic heterocycles. The molecule has 2 amide bonds. The molecule has 4 rings (SSSR count). The van der Waals surface area contributed by atoms with Crippen LogP contribution in [0.25, 0.3) is 0 Å². The van der Waals surface area contributed by atoms with E-state index >= 15 is 0 Å². The summed E-state index contributed by atoms with van der Waals surface area (Å²) >= 11 is 0. The maximum Gasteiger partial charge on any atom is 0.235 e. The predicted octanol–water partition coefficient (Wildman–Crippen LogP) is 3.34. The fourth-order valence-electron chi connectivity index (χ4n) is 4.07. The summed E-state index contributed by atoms with van der Waals surface area (Å²) in [4.78, 5) is 27.0. The Morgan fingerprint density at radius 3 is 2.48 bits per heavy atom. The number of nitrogens with one attached hydrogen (secondary N) is 1. The highest BCUT2D eigenvalue weighted by Crippen LogP contribution is 2.29. The number of benzene rings is 2. The van der Waals surface area contributed by atoms with Crippen LogP contribution in [0.4, 0.5) is 17.1 Å². The third-order valence-electron chi connectivity index (χ3n) is 5.87. The van der Waals surface area contributed by atoms with Gasteiger partial charge in [0.25, 0.3) is 0 Å². The van der Waals surface area contributed by atoms with Gasteiger partial charge in [-0.1, -0.05) is 26.0 Å². The Morgan fingerprint density at radius 1 is 1.10 bits per heavy atom. The summed E-state index contributed by atoms with van der Waals surface area (Å²) < 4.78 is 25.5. The smallest absolute Gasteiger partial charge is 0.235 e. The van der Waals surface area contributed by atoms with Gasteiger partial charge in [-0.05, 0) is 54.3 Å². The van der Waals surface area contributed by atoms with Crippen molar-refractivity contribution < 1.29 is 18.0 Å². The van der Waals surface area contributed by atoms with Gasteiger partial charge in [0.2, 0.25) is 21.8 Å². The van der Waals surface area contributed by atoms with Gasteiger partial charge < -0.3 is 10.2 Å². The summed E-state index contributed by atoms with van der Waals surface area (Å²) in [6.07, 6.45) is 0.787. The van der Waals surface area contributed by atoms with E-state index in [4.69, 9.17) is 0 Å². The number of sulfonamides is 1. The largest absolute Gasteiger partial charge is 0.326 e. The SMILES string of the molecule is CC(C)c1cccc(N2C[C@@H](C(=O)Nc3ccc(N4CCCS4(=O)=O)cc3)CC2=O)c1. The highest BCUT2D eigenvalue weighted by Gasteiger charge is 2.35. The van der Waals surface area contributed by atoms with Gasteiger partial charge in [-0.2, -0.15) is 0 Å². The van der Waals surface area contributed by atoms with Crippen molar-refractivity contribution in [2.45, 2.75) is 32.6 Å². The average Bonchev–Trinajstić information content (AvgIpc) is 3.30. The molecule has 31 heavy (non-hydrogen) atoms. The van der Waals surface area contributed by atoms with Gasteiger partial charge in [0, 0.05) is 30.9 Å². The lowest BCUT2D eigenvalue weighted by molar-refractivity contribution is -0.122. The first-order valence-electron chi connectivity index (χ1n) is 10.6. The van der Waals surface area contributed by atoms with E-state index < -0.39 is 15.9 Å². The number of hydrogen-bond acceptors (Lipinski definition) is 4. The van der Waals surface area contributed by atoms with Gasteiger partial charge in [0.05, 0.1) is 17.4 Å². The molecule has 2 aliphatic rings. The normalized spacial score (nSPS) is 20.5. The number of anilines is 3. The highest BCUT2D eigenvalue weighted by atomic mass is 32.2. The van der Waals surface area contributed by atoms with E-state index in [1.165, 1.54) is 4.31 Å². The number of carbonyl (C=O) groups excluding carboxylic acids is 2. The summed E-state index contributed by atoms with van der Waals surface area (Å²) in [5, 5.41) is 2.86. The van der Waals surface area contributed by atoms with Crippen molar-refractivity contribution in [3.05, 3.63) is 54.1 Å². The lowest BCUT2D eigenvalue weighted by atomic mass is 10.0. The monoisotopic (exact) mass is 441 g/mol. The van der Waals surface area contributed by atoms with Crippen LogP contribution in [0.5, 0.6) is 0 Å². The second kappa shape index (κ2) is 8.34. The van der Waals surface area contributed by atoms with Crippen molar-refractivity contribution in [1.29, 1.82) is 0 Å². The molecule has 164 valence electrons. The van der Waals surface area contributed by atoms with Crippen molar-refractivity contribution in [1.82, 2.24) is 0 Å². The van der Waals surface area contributed by atoms with Gasteiger partial charge >= 0.3 is 0 Å². The van der Waals surface area contributed by atoms with Crippen LogP contribution in [0.3, 0.4) is 0 Å². The van der Waals surface area contributed by atoms with E-state index in [2.05, 4.69) is 19.2 Å². The molecule has 2 aromatic carbocycles. The van der Waals surface area contributed by atoms with E-state index in [-0.39, 0.29) is 24.0 Å². The molecular formula is C23H27N3O4S. The Balaban J connectivity index is 1.41. The average molecular weight is 442 g/mol. The maximum atomic E-state index is 12.8. The van der Waals surface area contributed by atoms with Crippen LogP contribution in [-0.4, -0.2) is 39.1 Å². The third kappa shape index (κ3) is 4.44. The predicted molar refractivity (Wildman–Crippen MR) is 122 cm³/mol. The van der Waals surface area contributed by atoms with Gasteiger partial charge in [0.15, 0.2) is 0 Å². The number of rotatable bonds is 5. The van der Waals surface area contributed by atoms with Crippen LogP contribution in [0.1, 0.15) is 38.2 Å². The van der Waals surface area contributed by atoms with Crippen molar-refractivity contribution in [3.8, 4) is 0 Å². The Labute approximate surface area is 183 Å². The zero-order chi connectivity index (χ0) is 22.2. The highest BCUT2D eigenvalue weighted by molar-refractivity contribution is 7.93. The minimum absolute atomic E-state index is 0.0596. The molecule has 0 unspecified atom stereocenters. The topological polar surface area (TPSA) is 86.8 Å². The first-order valence-corrected chi connectivity index (χ1v) is 12.2. The van der Waals surface area contributed by atoms with Gasteiger partial charge in [-0.25, -0.2) is 8.42 Å². The Hall–Kier alpha value is -2.87. The molecule has 2 heterocycles.